The lowest BCUT2D eigenvalue weighted by Gasteiger charge is -2.36. The average molecular weight is 352 g/mol. The van der Waals surface area contributed by atoms with Crippen LogP contribution in [0.3, 0.4) is 0 Å². The summed E-state index contributed by atoms with van der Waals surface area (Å²) in [5, 5.41) is 8.65. The summed E-state index contributed by atoms with van der Waals surface area (Å²) in [4.78, 5) is 6.85. The number of nitrogens with one attached hydrogen (secondary N) is 1. The molecule has 2 atom stereocenters. The first-order valence-electron chi connectivity index (χ1n) is 8.97. The van der Waals surface area contributed by atoms with Gasteiger partial charge in [0.05, 0.1) is 30.6 Å². The first-order valence-corrected chi connectivity index (χ1v) is 8.97. The van der Waals surface area contributed by atoms with Crippen LogP contribution in [0.4, 0.5) is 11.5 Å². The predicted octanol–water partition coefficient (Wildman–Crippen LogP) is 2.85. The quantitative estimate of drug-likeness (QED) is 0.638. The molecule has 6 nitrogen and oxygen atoms in total. The van der Waals surface area contributed by atoms with Gasteiger partial charge >= 0.3 is 0 Å². The van der Waals surface area contributed by atoms with Gasteiger partial charge in [-0.05, 0) is 44.2 Å². The summed E-state index contributed by atoms with van der Waals surface area (Å²) >= 11 is 0. The molecular weight excluding hydrogens is 328 g/mol. The van der Waals surface area contributed by atoms with Crippen LogP contribution >= 0.6 is 0 Å². The number of aromatic nitrogens is 1. The number of anilines is 2. The molecule has 4 rings (SSSR count). The normalized spacial score (nSPS) is 24.1. The summed E-state index contributed by atoms with van der Waals surface area (Å²) in [5.41, 5.74) is 8.51. The molecule has 6 heteroatoms. The zero-order valence-corrected chi connectivity index (χ0v) is 15.2. The van der Waals surface area contributed by atoms with Crippen molar-refractivity contribution in [2.75, 3.05) is 30.4 Å². The van der Waals surface area contributed by atoms with Gasteiger partial charge in [-0.25, -0.2) is 4.98 Å². The predicted molar refractivity (Wildman–Crippen MR) is 102 cm³/mol. The van der Waals surface area contributed by atoms with Gasteiger partial charge in [-0.15, -0.1) is 0 Å². The van der Waals surface area contributed by atoms with Crippen molar-refractivity contribution in [1.29, 1.82) is 5.41 Å². The number of ether oxygens (including phenoxy) is 2. The maximum Gasteiger partial charge on any atom is 0.129 e. The standard InChI is InChI=1S/C20H24N4O2/c1-3-25-14-4-5-17(21)16(9-14)19(22)13-6-7-23-18(8-13)24-11-15-10-20(24,2)12-26-15/h4-9,15,22H,3,10-12,21H2,1-2H3/t15-,20?/m1/s1. The van der Waals surface area contributed by atoms with Crippen molar-refractivity contribution in [2.45, 2.75) is 31.9 Å². The lowest BCUT2D eigenvalue weighted by atomic mass is 10.00. The third-order valence-electron chi connectivity index (χ3n) is 5.25. The smallest absolute Gasteiger partial charge is 0.129 e. The third kappa shape index (κ3) is 2.80. The lowest BCUT2D eigenvalue weighted by molar-refractivity contribution is 0.0868. The van der Waals surface area contributed by atoms with Crippen molar-refractivity contribution in [3.63, 3.8) is 0 Å². The first-order chi connectivity index (χ1) is 12.5. The molecule has 0 amide bonds. The van der Waals surface area contributed by atoms with Crippen molar-refractivity contribution in [2.24, 2.45) is 0 Å². The molecular formula is C20H24N4O2. The van der Waals surface area contributed by atoms with Crippen LogP contribution < -0.4 is 15.4 Å². The summed E-state index contributed by atoms with van der Waals surface area (Å²) in [5.74, 6) is 1.61. The lowest BCUT2D eigenvalue weighted by Crippen LogP contribution is -2.46. The number of fused-ring (bicyclic) bond motifs is 2. The van der Waals surface area contributed by atoms with Crippen molar-refractivity contribution >= 4 is 17.2 Å². The molecule has 26 heavy (non-hydrogen) atoms. The number of hydrogen-bond acceptors (Lipinski definition) is 6. The van der Waals surface area contributed by atoms with Gasteiger partial charge in [0.25, 0.3) is 0 Å². The van der Waals surface area contributed by atoms with E-state index < -0.39 is 0 Å². The molecule has 2 aliphatic heterocycles. The molecule has 2 fully saturated rings. The third-order valence-corrected chi connectivity index (χ3v) is 5.25. The van der Waals surface area contributed by atoms with Gasteiger partial charge in [0.1, 0.15) is 11.6 Å². The number of rotatable bonds is 5. The van der Waals surface area contributed by atoms with Crippen LogP contribution in [0.2, 0.25) is 0 Å². The number of pyridine rings is 1. The van der Waals surface area contributed by atoms with E-state index in [1.165, 1.54) is 0 Å². The van der Waals surface area contributed by atoms with E-state index in [9.17, 15) is 0 Å². The van der Waals surface area contributed by atoms with E-state index >= 15 is 0 Å². The molecule has 2 aromatic rings. The molecule has 3 heterocycles. The van der Waals surface area contributed by atoms with E-state index in [4.69, 9.17) is 20.6 Å². The minimum absolute atomic E-state index is 0.00755. The molecule has 1 aromatic heterocycles. The zero-order chi connectivity index (χ0) is 18.3. The number of hydrogen-bond donors (Lipinski definition) is 2. The molecule has 0 radical (unpaired) electrons. The molecule has 2 bridgehead atoms. The highest BCUT2D eigenvalue weighted by Gasteiger charge is 2.49. The molecule has 2 saturated heterocycles. The number of nitrogens with zero attached hydrogens (tertiary/aromatic N) is 2. The number of morpholine rings is 1. The Labute approximate surface area is 153 Å². The average Bonchev–Trinajstić information content (AvgIpc) is 3.18. The summed E-state index contributed by atoms with van der Waals surface area (Å²) in [7, 11) is 0. The summed E-state index contributed by atoms with van der Waals surface area (Å²) in [6, 6.07) is 9.27. The van der Waals surface area contributed by atoms with Gasteiger partial charge in [0, 0.05) is 36.0 Å². The second-order valence-electron chi connectivity index (χ2n) is 7.20. The molecule has 0 saturated carbocycles. The number of nitrogens with two attached hydrogens (primary N) is 1. The first kappa shape index (κ1) is 16.8. The second kappa shape index (κ2) is 6.29. The minimum atomic E-state index is -0.00755. The molecule has 136 valence electrons. The van der Waals surface area contributed by atoms with Gasteiger partial charge in [-0.1, -0.05) is 0 Å². The van der Waals surface area contributed by atoms with Crippen LogP contribution in [0, 0.1) is 5.41 Å². The Kier molecular flexibility index (Phi) is 4.07. The van der Waals surface area contributed by atoms with Gasteiger partial charge in [0.15, 0.2) is 0 Å². The van der Waals surface area contributed by atoms with Crippen LogP contribution in [0.5, 0.6) is 5.75 Å². The molecule has 1 unspecified atom stereocenters. The Morgan fingerprint density at radius 1 is 1.42 bits per heavy atom. The number of nitrogen functional groups attached to an aromatic ring is 1. The fourth-order valence-electron chi connectivity index (χ4n) is 3.89. The van der Waals surface area contributed by atoms with Crippen LogP contribution in [-0.4, -0.2) is 42.1 Å². The highest BCUT2D eigenvalue weighted by molar-refractivity contribution is 6.14. The summed E-state index contributed by atoms with van der Waals surface area (Å²) in [6.45, 7) is 6.30. The fraction of sp³-hybridized carbons (Fsp3) is 0.400. The Morgan fingerprint density at radius 2 is 2.27 bits per heavy atom. The largest absolute Gasteiger partial charge is 0.494 e. The van der Waals surface area contributed by atoms with Gasteiger partial charge < -0.3 is 20.1 Å². The SMILES string of the molecule is CCOc1ccc(N)c(C(=N)c2ccnc(N3C[C@H]4CC3(C)CO4)c2)c1. The van der Waals surface area contributed by atoms with Crippen molar-refractivity contribution in [3.8, 4) is 5.75 Å². The van der Waals surface area contributed by atoms with E-state index in [1.807, 2.05) is 31.2 Å². The van der Waals surface area contributed by atoms with E-state index in [0.717, 1.165) is 36.7 Å². The highest BCUT2D eigenvalue weighted by Crippen LogP contribution is 2.40. The van der Waals surface area contributed by atoms with E-state index in [-0.39, 0.29) is 11.6 Å². The molecule has 0 aliphatic carbocycles. The molecule has 0 spiro atoms. The van der Waals surface area contributed by atoms with Crippen molar-refractivity contribution < 1.29 is 9.47 Å². The van der Waals surface area contributed by atoms with Crippen LogP contribution in [0.15, 0.2) is 36.5 Å². The van der Waals surface area contributed by atoms with Crippen molar-refractivity contribution in [3.05, 3.63) is 47.7 Å². The van der Waals surface area contributed by atoms with E-state index in [2.05, 4.69) is 16.8 Å². The Hall–Kier alpha value is -2.60. The second-order valence-corrected chi connectivity index (χ2v) is 7.20. The van der Waals surface area contributed by atoms with Crippen LogP contribution in [0.25, 0.3) is 0 Å². The fourth-order valence-corrected chi connectivity index (χ4v) is 3.89. The highest BCUT2D eigenvalue weighted by atomic mass is 16.5. The van der Waals surface area contributed by atoms with Gasteiger partial charge in [0.2, 0.25) is 0 Å². The van der Waals surface area contributed by atoms with Gasteiger partial charge in [-0.3, -0.25) is 5.41 Å². The summed E-state index contributed by atoms with van der Waals surface area (Å²) in [6.07, 6.45) is 3.07. The Bertz CT molecular complexity index is 853. The molecule has 2 aliphatic rings. The topological polar surface area (TPSA) is 84.5 Å². The van der Waals surface area contributed by atoms with Crippen LogP contribution in [-0.2, 0) is 4.74 Å². The van der Waals surface area contributed by atoms with Crippen LogP contribution in [0.1, 0.15) is 31.4 Å². The molecule has 3 N–H and O–H groups in total. The van der Waals surface area contributed by atoms with E-state index in [1.54, 1.807) is 12.3 Å². The molecule has 1 aromatic carbocycles. The summed E-state index contributed by atoms with van der Waals surface area (Å²) < 4.78 is 11.3. The van der Waals surface area contributed by atoms with Crippen molar-refractivity contribution in [1.82, 2.24) is 4.98 Å². The maximum atomic E-state index is 8.65. The maximum absolute atomic E-state index is 8.65. The minimum Gasteiger partial charge on any atom is -0.494 e. The number of benzene rings is 1. The van der Waals surface area contributed by atoms with Gasteiger partial charge in [-0.2, -0.15) is 0 Å². The zero-order valence-electron chi connectivity index (χ0n) is 15.2. The van der Waals surface area contributed by atoms with E-state index in [0.29, 0.717) is 23.6 Å². The Morgan fingerprint density at radius 3 is 2.96 bits per heavy atom. The Balaban J connectivity index is 1.65. The monoisotopic (exact) mass is 352 g/mol.